The fourth-order valence-electron chi connectivity index (χ4n) is 1.35. The molecule has 0 saturated carbocycles. The molecular formula is C10H12N4O2. The van der Waals surface area contributed by atoms with E-state index in [-0.39, 0.29) is 17.7 Å². The average Bonchev–Trinajstić information content (AvgIpc) is 2.86. The van der Waals surface area contributed by atoms with E-state index < -0.39 is 0 Å². The highest BCUT2D eigenvalue weighted by Crippen LogP contribution is 2.12. The van der Waals surface area contributed by atoms with Crippen LogP contribution in [0.15, 0.2) is 23.1 Å². The molecule has 2 rings (SSSR count). The van der Waals surface area contributed by atoms with Gasteiger partial charge in [0.25, 0.3) is 5.91 Å². The second kappa shape index (κ2) is 4.18. The average molecular weight is 220 g/mol. The molecule has 0 aromatic carbocycles. The molecule has 0 spiro atoms. The zero-order valence-corrected chi connectivity index (χ0v) is 9.02. The Morgan fingerprint density at radius 3 is 2.94 bits per heavy atom. The highest BCUT2D eigenvalue weighted by atomic mass is 16.5. The maximum atomic E-state index is 11.8. The molecule has 0 aliphatic heterocycles. The lowest BCUT2D eigenvalue weighted by atomic mass is 10.2. The summed E-state index contributed by atoms with van der Waals surface area (Å²) in [6.45, 7) is 3.64. The van der Waals surface area contributed by atoms with Crippen molar-refractivity contribution < 1.29 is 9.32 Å². The number of aryl methyl sites for hydroxylation is 1. The number of aromatic nitrogens is 3. The minimum Gasteiger partial charge on any atom is -0.351 e. The van der Waals surface area contributed by atoms with Crippen molar-refractivity contribution in [1.29, 1.82) is 0 Å². The summed E-state index contributed by atoms with van der Waals surface area (Å²) < 4.78 is 4.86. The molecule has 0 fully saturated rings. The number of carbonyl (C=O) groups is 1. The van der Waals surface area contributed by atoms with Crippen LogP contribution in [0.3, 0.4) is 0 Å². The van der Waals surface area contributed by atoms with E-state index in [1.54, 1.807) is 19.3 Å². The predicted molar refractivity (Wildman–Crippen MR) is 55.7 cm³/mol. The Labute approximate surface area is 92.0 Å². The van der Waals surface area contributed by atoms with E-state index in [0.717, 1.165) is 11.1 Å². The molecule has 16 heavy (non-hydrogen) atoms. The SMILES string of the molecule is Cc1cnoc1C(=O)NC(C)c1cn[nH]c1. The van der Waals surface area contributed by atoms with Crippen LogP contribution in [0.1, 0.15) is 34.6 Å². The van der Waals surface area contributed by atoms with Crippen LogP contribution in [-0.4, -0.2) is 21.3 Å². The lowest BCUT2D eigenvalue weighted by molar-refractivity contribution is 0.0901. The lowest BCUT2D eigenvalue weighted by Crippen LogP contribution is -2.26. The normalized spacial score (nSPS) is 12.4. The van der Waals surface area contributed by atoms with Crippen LogP contribution in [0.4, 0.5) is 0 Å². The van der Waals surface area contributed by atoms with E-state index in [1.807, 2.05) is 6.92 Å². The van der Waals surface area contributed by atoms with Gasteiger partial charge < -0.3 is 9.84 Å². The first-order valence-electron chi connectivity index (χ1n) is 4.89. The number of amides is 1. The van der Waals surface area contributed by atoms with Gasteiger partial charge in [-0.2, -0.15) is 5.10 Å². The summed E-state index contributed by atoms with van der Waals surface area (Å²) in [6, 6.07) is -0.129. The minimum atomic E-state index is -0.274. The van der Waals surface area contributed by atoms with Gasteiger partial charge in [0, 0.05) is 17.3 Å². The largest absolute Gasteiger partial charge is 0.351 e. The summed E-state index contributed by atoms with van der Waals surface area (Å²) in [7, 11) is 0. The molecule has 84 valence electrons. The fourth-order valence-corrected chi connectivity index (χ4v) is 1.35. The quantitative estimate of drug-likeness (QED) is 0.813. The Morgan fingerprint density at radius 2 is 2.38 bits per heavy atom. The Hall–Kier alpha value is -2.11. The molecule has 0 aliphatic carbocycles. The maximum absolute atomic E-state index is 11.8. The first-order chi connectivity index (χ1) is 7.68. The summed E-state index contributed by atoms with van der Waals surface area (Å²) in [5.41, 5.74) is 1.63. The second-order valence-corrected chi connectivity index (χ2v) is 3.56. The van der Waals surface area contributed by atoms with Crippen molar-refractivity contribution in [2.75, 3.05) is 0 Å². The molecule has 1 unspecified atom stereocenters. The van der Waals surface area contributed by atoms with Gasteiger partial charge in [0.1, 0.15) is 0 Å². The third kappa shape index (κ3) is 1.95. The zero-order valence-electron chi connectivity index (χ0n) is 9.02. The molecule has 0 radical (unpaired) electrons. The zero-order chi connectivity index (χ0) is 11.5. The molecule has 6 heteroatoms. The molecule has 1 amide bonds. The lowest BCUT2D eigenvalue weighted by Gasteiger charge is -2.10. The van der Waals surface area contributed by atoms with E-state index in [4.69, 9.17) is 4.52 Å². The molecule has 2 aromatic rings. The topological polar surface area (TPSA) is 83.8 Å². The summed E-state index contributed by atoms with van der Waals surface area (Å²) in [6.07, 6.45) is 4.91. The first kappa shape index (κ1) is 10.4. The number of nitrogens with zero attached hydrogens (tertiary/aromatic N) is 2. The smallest absolute Gasteiger partial charge is 0.290 e. The van der Waals surface area contributed by atoms with E-state index >= 15 is 0 Å². The number of hydrogen-bond donors (Lipinski definition) is 2. The van der Waals surface area contributed by atoms with Gasteiger partial charge in [-0.25, -0.2) is 0 Å². The Bertz CT molecular complexity index is 475. The maximum Gasteiger partial charge on any atom is 0.290 e. The van der Waals surface area contributed by atoms with E-state index in [9.17, 15) is 4.79 Å². The molecular weight excluding hydrogens is 208 g/mol. The molecule has 0 bridgehead atoms. The number of H-pyrrole nitrogens is 1. The standard InChI is InChI=1S/C10H12N4O2/c1-6-3-13-16-9(6)10(15)14-7(2)8-4-11-12-5-8/h3-5,7H,1-2H3,(H,11,12)(H,14,15). The number of hydrogen-bond acceptors (Lipinski definition) is 4. The van der Waals surface area contributed by atoms with Gasteiger partial charge in [0.15, 0.2) is 0 Å². The van der Waals surface area contributed by atoms with Crippen LogP contribution in [0.2, 0.25) is 0 Å². The van der Waals surface area contributed by atoms with Crippen molar-refractivity contribution >= 4 is 5.91 Å². The van der Waals surface area contributed by atoms with Gasteiger partial charge in [-0.1, -0.05) is 5.16 Å². The number of rotatable bonds is 3. The van der Waals surface area contributed by atoms with Crippen LogP contribution in [0.25, 0.3) is 0 Å². The van der Waals surface area contributed by atoms with Crippen molar-refractivity contribution in [3.63, 3.8) is 0 Å². The van der Waals surface area contributed by atoms with Gasteiger partial charge in [0.2, 0.25) is 5.76 Å². The molecule has 0 aliphatic rings. The van der Waals surface area contributed by atoms with Gasteiger partial charge in [-0.15, -0.1) is 0 Å². The first-order valence-corrected chi connectivity index (χ1v) is 4.89. The van der Waals surface area contributed by atoms with Crippen LogP contribution in [0, 0.1) is 6.92 Å². The highest BCUT2D eigenvalue weighted by Gasteiger charge is 2.17. The number of nitrogens with one attached hydrogen (secondary N) is 2. The fraction of sp³-hybridized carbons (Fsp3) is 0.300. The van der Waals surface area contributed by atoms with Crippen molar-refractivity contribution in [1.82, 2.24) is 20.7 Å². The summed E-state index contributed by atoms with van der Waals surface area (Å²) in [5.74, 6) is -0.0287. The molecule has 1 atom stereocenters. The molecule has 0 saturated heterocycles. The summed E-state index contributed by atoms with van der Waals surface area (Å²) in [5, 5.41) is 12.9. The summed E-state index contributed by atoms with van der Waals surface area (Å²) in [4.78, 5) is 11.8. The van der Waals surface area contributed by atoms with Crippen LogP contribution in [-0.2, 0) is 0 Å². The van der Waals surface area contributed by atoms with Gasteiger partial charge in [0.05, 0.1) is 18.4 Å². The Kier molecular flexibility index (Phi) is 2.72. The Morgan fingerprint density at radius 1 is 1.56 bits per heavy atom. The number of carbonyl (C=O) groups excluding carboxylic acids is 1. The Balaban J connectivity index is 2.06. The third-order valence-electron chi connectivity index (χ3n) is 2.32. The van der Waals surface area contributed by atoms with Crippen molar-refractivity contribution in [3.8, 4) is 0 Å². The molecule has 2 N–H and O–H groups in total. The van der Waals surface area contributed by atoms with Crippen LogP contribution >= 0.6 is 0 Å². The highest BCUT2D eigenvalue weighted by molar-refractivity contribution is 5.92. The van der Waals surface area contributed by atoms with E-state index in [2.05, 4.69) is 20.7 Å². The third-order valence-corrected chi connectivity index (χ3v) is 2.32. The van der Waals surface area contributed by atoms with Crippen molar-refractivity contribution in [2.45, 2.75) is 19.9 Å². The molecule has 6 nitrogen and oxygen atoms in total. The van der Waals surface area contributed by atoms with Gasteiger partial charge in [-0.3, -0.25) is 9.89 Å². The van der Waals surface area contributed by atoms with Crippen LogP contribution < -0.4 is 5.32 Å². The predicted octanol–water partition coefficient (Wildman–Crippen LogP) is 1.20. The molecule has 2 heterocycles. The van der Waals surface area contributed by atoms with Gasteiger partial charge in [-0.05, 0) is 13.8 Å². The minimum absolute atomic E-state index is 0.129. The molecule has 2 aromatic heterocycles. The van der Waals surface area contributed by atoms with E-state index in [0.29, 0.717) is 0 Å². The van der Waals surface area contributed by atoms with Crippen molar-refractivity contribution in [3.05, 3.63) is 35.5 Å². The summed E-state index contributed by atoms with van der Waals surface area (Å²) >= 11 is 0. The van der Waals surface area contributed by atoms with Crippen molar-refractivity contribution in [2.24, 2.45) is 0 Å². The monoisotopic (exact) mass is 220 g/mol. The number of aromatic amines is 1. The van der Waals surface area contributed by atoms with Gasteiger partial charge >= 0.3 is 0 Å². The second-order valence-electron chi connectivity index (χ2n) is 3.56. The van der Waals surface area contributed by atoms with E-state index in [1.165, 1.54) is 6.20 Å². The van der Waals surface area contributed by atoms with Crippen LogP contribution in [0.5, 0.6) is 0 Å².